The molecule has 0 bridgehead atoms. The van der Waals surface area contributed by atoms with E-state index < -0.39 is 0 Å². The van der Waals surface area contributed by atoms with Crippen molar-refractivity contribution in [3.8, 4) is 0 Å². The predicted molar refractivity (Wildman–Crippen MR) is 45.4 cm³/mol. The largest absolute Gasteiger partial charge is 0.454 e. The molecule has 0 N–H and O–H groups in total. The van der Waals surface area contributed by atoms with Gasteiger partial charge in [-0.25, -0.2) is 0 Å². The highest BCUT2D eigenvalue weighted by Gasteiger charge is 2.02. The Hall–Kier alpha value is -1.33. The Kier molecular flexibility index (Phi) is 2.65. The average molecular weight is 166 g/mol. The van der Waals surface area contributed by atoms with Gasteiger partial charge in [-0.2, -0.15) is 0 Å². The van der Waals surface area contributed by atoms with Gasteiger partial charge in [-0.05, 0) is 5.56 Å². The standard InChI is InChI=1S/C8H6ClN2/c9-8(11-10)6-7-4-2-1-3-5-7/h1-6H/q+1/b8-6+. The number of nitrogens with zero attached hydrogens (tertiary/aromatic N) is 2. The minimum absolute atomic E-state index is 0.0798. The fraction of sp³-hybridized carbons (Fsp3) is 0. The molecule has 0 saturated heterocycles. The molecular weight excluding hydrogens is 160 g/mol. The van der Waals surface area contributed by atoms with Crippen molar-refractivity contribution in [2.75, 3.05) is 0 Å². The lowest BCUT2D eigenvalue weighted by molar-refractivity contribution is 1.46. The Balaban J connectivity index is 2.90. The Morgan fingerprint density at radius 2 is 2.00 bits per heavy atom. The van der Waals surface area contributed by atoms with Crippen LogP contribution in [0.5, 0.6) is 0 Å². The van der Waals surface area contributed by atoms with E-state index in [9.17, 15) is 0 Å². The third-order valence-corrected chi connectivity index (χ3v) is 1.37. The summed E-state index contributed by atoms with van der Waals surface area (Å²) in [6.45, 7) is 0. The number of halogens is 1. The molecule has 1 rings (SSSR count). The topological polar surface area (TPSA) is 28.1 Å². The van der Waals surface area contributed by atoms with Crippen molar-refractivity contribution in [1.29, 1.82) is 5.39 Å². The van der Waals surface area contributed by atoms with Crippen LogP contribution in [0, 0.1) is 5.39 Å². The molecule has 0 heterocycles. The molecule has 0 fully saturated rings. The Morgan fingerprint density at radius 3 is 2.55 bits per heavy atom. The normalized spacial score (nSPS) is 10.7. The SMILES string of the molecule is N#[N+]/C(Cl)=C/c1ccccc1. The molecule has 0 spiro atoms. The summed E-state index contributed by atoms with van der Waals surface area (Å²) in [7, 11) is 0. The van der Waals surface area contributed by atoms with Crippen LogP contribution in [0.1, 0.15) is 5.56 Å². The maximum atomic E-state index is 8.22. The molecule has 0 aliphatic carbocycles. The second kappa shape index (κ2) is 3.75. The molecule has 0 unspecified atom stereocenters. The molecule has 0 aromatic heterocycles. The van der Waals surface area contributed by atoms with Crippen LogP contribution in [-0.4, -0.2) is 0 Å². The average Bonchev–Trinajstić information content (AvgIpc) is 2.06. The summed E-state index contributed by atoms with van der Waals surface area (Å²) in [4.78, 5) is 2.81. The Morgan fingerprint density at radius 1 is 1.36 bits per heavy atom. The minimum Gasteiger partial charge on any atom is -0.0622 e. The van der Waals surface area contributed by atoms with Gasteiger partial charge >= 0.3 is 5.16 Å². The van der Waals surface area contributed by atoms with E-state index in [-0.39, 0.29) is 5.16 Å². The van der Waals surface area contributed by atoms with Crippen LogP contribution in [0.3, 0.4) is 0 Å². The number of benzene rings is 1. The summed E-state index contributed by atoms with van der Waals surface area (Å²) < 4.78 is 0. The maximum Gasteiger partial charge on any atom is 0.454 e. The van der Waals surface area contributed by atoms with E-state index in [4.69, 9.17) is 17.0 Å². The molecule has 11 heavy (non-hydrogen) atoms. The van der Waals surface area contributed by atoms with Crippen molar-refractivity contribution in [3.05, 3.63) is 46.0 Å². The first-order valence-corrected chi connectivity index (χ1v) is 3.48. The summed E-state index contributed by atoms with van der Waals surface area (Å²) in [5, 5.41) is 8.30. The van der Waals surface area contributed by atoms with Gasteiger partial charge in [-0.15, -0.1) is 0 Å². The number of diazo groups is 1. The van der Waals surface area contributed by atoms with E-state index in [1.807, 2.05) is 30.3 Å². The zero-order valence-electron chi connectivity index (χ0n) is 5.74. The number of rotatable bonds is 1. The Labute approximate surface area is 69.7 Å². The Bertz CT molecular complexity index is 298. The third-order valence-electron chi connectivity index (χ3n) is 1.18. The third kappa shape index (κ3) is 2.40. The maximum absolute atomic E-state index is 8.22. The van der Waals surface area contributed by atoms with Crippen molar-refractivity contribution in [3.63, 3.8) is 0 Å². The van der Waals surface area contributed by atoms with Crippen LogP contribution in [-0.2, 0) is 0 Å². The smallest absolute Gasteiger partial charge is 0.0622 e. The summed E-state index contributed by atoms with van der Waals surface area (Å²) in [6.07, 6.45) is 1.57. The zero-order chi connectivity index (χ0) is 8.10. The summed E-state index contributed by atoms with van der Waals surface area (Å²) in [5.74, 6) is 0. The van der Waals surface area contributed by atoms with Crippen LogP contribution in [0.15, 0.2) is 35.5 Å². The van der Waals surface area contributed by atoms with Crippen LogP contribution < -0.4 is 0 Å². The number of hydrogen-bond acceptors (Lipinski definition) is 1. The molecule has 0 atom stereocenters. The lowest BCUT2D eigenvalue weighted by atomic mass is 10.2. The molecule has 1 aromatic carbocycles. The molecule has 1 aromatic rings. The van der Waals surface area contributed by atoms with Gasteiger partial charge in [-0.3, -0.25) is 0 Å². The van der Waals surface area contributed by atoms with Gasteiger partial charge in [0.2, 0.25) is 5.39 Å². The summed E-state index contributed by atoms with van der Waals surface area (Å²) in [5.41, 5.74) is 0.912. The fourth-order valence-corrected chi connectivity index (χ4v) is 0.842. The van der Waals surface area contributed by atoms with E-state index in [1.165, 1.54) is 0 Å². The molecule has 0 saturated carbocycles. The molecule has 0 aliphatic rings. The molecule has 0 aliphatic heterocycles. The van der Waals surface area contributed by atoms with Gasteiger partial charge in [-0.1, -0.05) is 30.3 Å². The monoisotopic (exact) mass is 165 g/mol. The van der Waals surface area contributed by atoms with Crippen molar-refractivity contribution < 1.29 is 0 Å². The summed E-state index contributed by atoms with van der Waals surface area (Å²) >= 11 is 5.44. The lowest BCUT2D eigenvalue weighted by Crippen LogP contribution is -1.68. The van der Waals surface area contributed by atoms with Crippen molar-refractivity contribution >= 4 is 17.7 Å². The van der Waals surface area contributed by atoms with Gasteiger partial charge < -0.3 is 0 Å². The highest BCUT2D eigenvalue weighted by Crippen LogP contribution is 2.09. The van der Waals surface area contributed by atoms with Crippen LogP contribution in [0.25, 0.3) is 11.1 Å². The first-order chi connectivity index (χ1) is 5.33. The van der Waals surface area contributed by atoms with E-state index in [0.717, 1.165) is 5.56 Å². The molecule has 54 valence electrons. The van der Waals surface area contributed by atoms with E-state index in [1.54, 1.807) is 6.08 Å². The van der Waals surface area contributed by atoms with Crippen LogP contribution in [0.2, 0.25) is 0 Å². The quantitative estimate of drug-likeness (QED) is 0.464. The molecule has 3 heteroatoms. The van der Waals surface area contributed by atoms with Gasteiger partial charge in [0.1, 0.15) is 0 Å². The van der Waals surface area contributed by atoms with Gasteiger partial charge in [0, 0.05) is 11.6 Å². The summed E-state index contributed by atoms with van der Waals surface area (Å²) in [6, 6.07) is 9.41. The molecule has 0 amide bonds. The molecule has 2 nitrogen and oxygen atoms in total. The van der Waals surface area contributed by atoms with Gasteiger partial charge in [0.05, 0.1) is 6.08 Å². The predicted octanol–water partition coefficient (Wildman–Crippen LogP) is 3.08. The minimum atomic E-state index is 0.0798. The lowest BCUT2D eigenvalue weighted by Gasteiger charge is -1.85. The van der Waals surface area contributed by atoms with Crippen molar-refractivity contribution in [1.82, 2.24) is 0 Å². The van der Waals surface area contributed by atoms with Crippen molar-refractivity contribution in [2.45, 2.75) is 0 Å². The highest BCUT2D eigenvalue weighted by atomic mass is 35.5. The van der Waals surface area contributed by atoms with Crippen LogP contribution in [0.4, 0.5) is 0 Å². The first kappa shape index (κ1) is 7.77. The van der Waals surface area contributed by atoms with E-state index >= 15 is 0 Å². The van der Waals surface area contributed by atoms with E-state index in [0.29, 0.717) is 0 Å². The molecular formula is C8H6ClN2+. The van der Waals surface area contributed by atoms with E-state index in [2.05, 4.69) is 4.98 Å². The van der Waals surface area contributed by atoms with Gasteiger partial charge in [0.15, 0.2) is 4.98 Å². The second-order valence-electron chi connectivity index (χ2n) is 1.98. The van der Waals surface area contributed by atoms with Crippen molar-refractivity contribution in [2.24, 2.45) is 0 Å². The molecule has 0 radical (unpaired) electrons. The number of hydrogen-bond donors (Lipinski definition) is 0. The van der Waals surface area contributed by atoms with Gasteiger partial charge in [0.25, 0.3) is 0 Å². The first-order valence-electron chi connectivity index (χ1n) is 3.10. The highest BCUT2D eigenvalue weighted by molar-refractivity contribution is 6.32. The zero-order valence-corrected chi connectivity index (χ0v) is 6.49. The fourth-order valence-electron chi connectivity index (χ4n) is 0.716. The van der Waals surface area contributed by atoms with Crippen LogP contribution >= 0.6 is 11.6 Å². The second-order valence-corrected chi connectivity index (χ2v) is 2.36.